The van der Waals surface area contributed by atoms with Crippen LogP contribution in [0.3, 0.4) is 0 Å². The van der Waals surface area contributed by atoms with Gasteiger partial charge in [0.2, 0.25) is 0 Å². The van der Waals surface area contributed by atoms with Gasteiger partial charge in [0.15, 0.2) is 5.65 Å². The van der Waals surface area contributed by atoms with E-state index in [1.165, 1.54) is 12.3 Å². The molecule has 0 radical (unpaired) electrons. The maximum atomic E-state index is 12.1. The third-order valence-electron chi connectivity index (χ3n) is 1.55. The van der Waals surface area contributed by atoms with Gasteiger partial charge in [-0.2, -0.15) is 5.10 Å². The fraction of sp³-hybridized carbons (Fsp3) is 0.143. The van der Waals surface area contributed by atoms with Gasteiger partial charge in [-0.1, -0.05) is 0 Å². The molecule has 0 saturated heterocycles. The van der Waals surface area contributed by atoms with Gasteiger partial charge in [-0.25, -0.2) is 13.8 Å². The van der Waals surface area contributed by atoms with Gasteiger partial charge in [-0.3, -0.25) is 5.10 Å². The standard InChI is InChI=1S/C7H5F2N3/c8-6(9)5-2-1-4-3-10-12-7(4)11-5/h1-3,6H,(H,10,11,12). The van der Waals surface area contributed by atoms with E-state index in [1.54, 1.807) is 6.07 Å². The zero-order chi connectivity index (χ0) is 8.55. The Kier molecular flexibility index (Phi) is 1.49. The first kappa shape index (κ1) is 7.15. The molecule has 2 heterocycles. The lowest BCUT2D eigenvalue weighted by Gasteiger charge is -1.96. The second-order valence-electron chi connectivity index (χ2n) is 2.34. The molecule has 0 unspecified atom stereocenters. The van der Waals surface area contributed by atoms with E-state index in [1.807, 2.05) is 0 Å². The molecular formula is C7H5F2N3. The second-order valence-corrected chi connectivity index (χ2v) is 2.34. The van der Waals surface area contributed by atoms with Crippen molar-refractivity contribution < 1.29 is 8.78 Å². The van der Waals surface area contributed by atoms with Crippen LogP contribution in [0.5, 0.6) is 0 Å². The van der Waals surface area contributed by atoms with Crippen molar-refractivity contribution in [2.24, 2.45) is 0 Å². The number of nitrogens with one attached hydrogen (secondary N) is 1. The van der Waals surface area contributed by atoms with Crippen LogP contribution in [-0.4, -0.2) is 15.2 Å². The SMILES string of the molecule is FC(F)c1ccc2cn[nH]c2n1. The molecule has 0 aliphatic carbocycles. The molecule has 2 aromatic rings. The van der Waals surface area contributed by atoms with Gasteiger partial charge in [-0.05, 0) is 12.1 Å². The number of pyridine rings is 1. The lowest BCUT2D eigenvalue weighted by Crippen LogP contribution is -1.89. The highest BCUT2D eigenvalue weighted by molar-refractivity contribution is 5.73. The van der Waals surface area contributed by atoms with Crippen molar-refractivity contribution in [2.75, 3.05) is 0 Å². The molecule has 1 N–H and O–H groups in total. The van der Waals surface area contributed by atoms with E-state index < -0.39 is 6.43 Å². The summed E-state index contributed by atoms with van der Waals surface area (Å²) >= 11 is 0. The van der Waals surface area contributed by atoms with Crippen LogP contribution in [0.25, 0.3) is 11.0 Å². The van der Waals surface area contributed by atoms with Crippen LogP contribution in [0.1, 0.15) is 12.1 Å². The monoisotopic (exact) mass is 169 g/mol. The fourth-order valence-corrected chi connectivity index (χ4v) is 0.963. The average molecular weight is 169 g/mol. The quantitative estimate of drug-likeness (QED) is 0.708. The van der Waals surface area contributed by atoms with E-state index in [-0.39, 0.29) is 5.69 Å². The lowest BCUT2D eigenvalue weighted by atomic mass is 10.3. The Morgan fingerprint density at radius 2 is 2.17 bits per heavy atom. The van der Waals surface area contributed by atoms with Crippen LogP contribution in [-0.2, 0) is 0 Å². The number of hydrogen-bond donors (Lipinski definition) is 1. The zero-order valence-electron chi connectivity index (χ0n) is 5.96. The van der Waals surface area contributed by atoms with Gasteiger partial charge >= 0.3 is 0 Å². The van der Waals surface area contributed by atoms with Gasteiger partial charge in [0.1, 0.15) is 5.69 Å². The zero-order valence-corrected chi connectivity index (χ0v) is 5.96. The molecule has 0 saturated carbocycles. The molecule has 2 aromatic heterocycles. The number of H-pyrrole nitrogens is 1. The van der Waals surface area contributed by atoms with Gasteiger partial charge in [0.25, 0.3) is 6.43 Å². The molecule has 12 heavy (non-hydrogen) atoms. The van der Waals surface area contributed by atoms with Crippen molar-refractivity contribution in [3.63, 3.8) is 0 Å². The lowest BCUT2D eigenvalue weighted by molar-refractivity contribution is 0.146. The van der Waals surface area contributed by atoms with E-state index in [0.717, 1.165) is 5.39 Å². The number of aromatic amines is 1. The summed E-state index contributed by atoms with van der Waals surface area (Å²) in [6.07, 6.45) is -0.991. The molecule has 0 amide bonds. The van der Waals surface area contributed by atoms with Gasteiger partial charge in [0.05, 0.1) is 6.20 Å². The van der Waals surface area contributed by atoms with Crippen molar-refractivity contribution in [2.45, 2.75) is 6.43 Å². The van der Waals surface area contributed by atoms with Crippen LogP contribution in [0.2, 0.25) is 0 Å². The maximum Gasteiger partial charge on any atom is 0.280 e. The Hall–Kier alpha value is -1.52. The molecule has 0 aliphatic rings. The van der Waals surface area contributed by atoms with E-state index in [2.05, 4.69) is 15.2 Å². The average Bonchev–Trinajstić information content (AvgIpc) is 2.49. The summed E-state index contributed by atoms with van der Waals surface area (Å²) in [5, 5.41) is 6.93. The minimum Gasteiger partial charge on any atom is -0.261 e. The van der Waals surface area contributed by atoms with Crippen molar-refractivity contribution in [3.8, 4) is 0 Å². The van der Waals surface area contributed by atoms with Crippen LogP contribution < -0.4 is 0 Å². The Morgan fingerprint density at radius 3 is 2.92 bits per heavy atom. The largest absolute Gasteiger partial charge is 0.280 e. The smallest absolute Gasteiger partial charge is 0.261 e. The number of alkyl halides is 2. The highest BCUT2D eigenvalue weighted by Gasteiger charge is 2.09. The molecular weight excluding hydrogens is 164 g/mol. The van der Waals surface area contributed by atoms with Crippen LogP contribution in [0.4, 0.5) is 8.78 Å². The molecule has 0 spiro atoms. The van der Waals surface area contributed by atoms with Crippen LogP contribution in [0, 0.1) is 0 Å². The Labute approximate surface area is 66.4 Å². The summed E-state index contributed by atoms with van der Waals surface area (Å²) in [6, 6.07) is 2.86. The molecule has 0 bridgehead atoms. The van der Waals surface area contributed by atoms with Crippen molar-refractivity contribution in [1.29, 1.82) is 0 Å². The van der Waals surface area contributed by atoms with Gasteiger partial charge < -0.3 is 0 Å². The Morgan fingerprint density at radius 1 is 1.33 bits per heavy atom. The Bertz CT molecular complexity index is 396. The second kappa shape index (κ2) is 2.51. The number of aromatic nitrogens is 3. The molecule has 62 valence electrons. The minimum atomic E-state index is -2.53. The molecule has 3 nitrogen and oxygen atoms in total. The van der Waals surface area contributed by atoms with E-state index in [0.29, 0.717) is 5.65 Å². The third-order valence-corrected chi connectivity index (χ3v) is 1.55. The molecule has 2 rings (SSSR count). The van der Waals surface area contributed by atoms with Crippen LogP contribution >= 0.6 is 0 Å². The van der Waals surface area contributed by atoms with Crippen molar-refractivity contribution >= 4 is 11.0 Å². The number of rotatable bonds is 1. The molecule has 0 fully saturated rings. The van der Waals surface area contributed by atoms with E-state index in [4.69, 9.17) is 0 Å². The third kappa shape index (κ3) is 1.03. The summed E-state index contributed by atoms with van der Waals surface area (Å²) in [4.78, 5) is 3.67. The first-order valence-electron chi connectivity index (χ1n) is 3.35. The molecule has 5 heteroatoms. The first-order valence-corrected chi connectivity index (χ1v) is 3.35. The number of nitrogens with zero attached hydrogens (tertiary/aromatic N) is 2. The molecule has 0 atom stereocenters. The summed E-state index contributed by atoms with van der Waals surface area (Å²) in [7, 11) is 0. The van der Waals surface area contributed by atoms with Gasteiger partial charge in [0, 0.05) is 5.39 Å². The number of hydrogen-bond acceptors (Lipinski definition) is 2. The van der Waals surface area contributed by atoms with Crippen molar-refractivity contribution in [3.05, 3.63) is 24.0 Å². The summed E-state index contributed by atoms with van der Waals surface area (Å²) in [5.41, 5.74) is 0.166. The number of halogens is 2. The Balaban J connectivity index is 2.60. The van der Waals surface area contributed by atoms with Gasteiger partial charge in [-0.15, -0.1) is 0 Å². The fourth-order valence-electron chi connectivity index (χ4n) is 0.963. The topological polar surface area (TPSA) is 41.6 Å². The van der Waals surface area contributed by atoms with Crippen LogP contribution in [0.15, 0.2) is 18.3 Å². The highest BCUT2D eigenvalue weighted by Crippen LogP contribution is 2.18. The first-order chi connectivity index (χ1) is 5.77. The van der Waals surface area contributed by atoms with E-state index in [9.17, 15) is 8.78 Å². The maximum absolute atomic E-state index is 12.1. The summed E-state index contributed by atoms with van der Waals surface area (Å²) in [6.45, 7) is 0. The predicted octanol–water partition coefficient (Wildman–Crippen LogP) is 1.90. The van der Waals surface area contributed by atoms with Crippen molar-refractivity contribution in [1.82, 2.24) is 15.2 Å². The highest BCUT2D eigenvalue weighted by atomic mass is 19.3. The van der Waals surface area contributed by atoms with E-state index >= 15 is 0 Å². The predicted molar refractivity (Wildman–Crippen MR) is 38.8 cm³/mol. The normalized spacial score (nSPS) is 11.2. The summed E-state index contributed by atoms with van der Waals surface area (Å²) < 4.78 is 24.2. The minimum absolute atomic E-state index is 0.230. The summed E-state index contributed by atoms with van der Waals surface area (Å²) in [5.74, 6) is 0. The molecule has 0 aliphatic heterocycles. The number of fused-ring (bicyclic) bond motifs is 1. The molecule has 0 aromatic carbocycles.